The standard InChI is InChI=1S/C36H45FN8O4S/c1-22-16-27-25(19-39-45(27)28-9-3-4-15-48-28)29(23(22)2)33-30(37)32-26(18-38-33)31(24-8-5-10-35(17-24)20-40-50(46,47)43-35)41-34(42-32)49-21-36-11-6-13-44(36)14-7-12-36/h16,18-19,24,28,40,43H,3-15,17,20-21H2,1-2H3. The number of nitrogens with zero attached hydrogens (tertiary/aromatic N) is 6. The molecule has 14 heteroatoms. The first kappa shape index (κ1) is 32.6. The molecule has 7 heterocycles. The van der Waals surface area contributed by atoms with Crippen molar-refractivity contribution < 1.29 is 22.3 Å². The average molecular weight is 705 g/mol. The van der Waals surface area contributed by atoms with Crippen LogP contribution in [0.3, 0.4) is 0 Å². The molecule has 1 saturated carbocycles. The van der Waals surface area contributed by atoms with E-state index in [9.17, 15) is 8.42 Å². The Morgan fingerprint density at radius 2 is 1.88 bits per heavy atom. The van der Waals surface area contributed by atoms with Gasteiger partial charge in [0, 0.05) is 47.1 Å². The summed E-state index contributed by atoms with van der Waals surface area (Å²) in [6.45, 7) is 7.63. The molecule has 3 aromatic heterocycles. The van der Waals surface area contributed by atoms with E-state index in [1.807, 2.05) is 18.5 Å². The number of aryl methyl sites for hydroxylation is 1. The maximum atomic E-state index is 17.3. The summed E-state index contributed by atoms with van der Waals surface area (Å²) in [4.78, 5) is 17.1. The predicted octanol–water partition coefficient (Wildman–Crippen LogP) is 5.34. The maximum absolute atomic E-state index is 17.3. The second-order valence-corrected chi connectivity index (χ2v) is 16.8. The Balaban J connectivity index is 1.16. The fourth-order valence-corrected chi connectivity index (χ4v) is 10.9. The molecule has 1 aromatic carbocycles. The summed E-state index contributed by atoms with van der Waals surface area (Å²) in [5.41, 5.74) is 3.91. The zero-order chi connectivity index (χ0) is 34.3. The van der Waals surface area contributed by atoms with Crippen LogP contribution in [0.4, 0.5) is 4.39 Å². The second-order valence-electron chi connectivity index (χ2n) is 15.3. The van der Waals surface area contributed by atoms with E-state index >= 15 is 4.39 Å². The molecule has 0 radical (unpaired) electrons. The van der Waals surface area contributed by atoms with Crippen molar-refractivity contribution in [3.63, 3.8) is 0 Å². The summed E-state index contributed by atoms with van der Waals surface area (Å²) < 4.78 is 62.1. The first-order valence-electron chi connectivity index (χ1n) is 18.3. The Labute approximate surface area is 291 Å². The molecule has 1 aliphatic carbocycles. The first-order valence-corrected chi connectivity index (χ1v) is 19.7. The number of nitrogens with one attached hydrogen (secondary N) is 2. The monoisotopic (exact) mass is 704 g/mol. The first-order chi connectivity index (χ1) is 24.1. The number of aromatic nitrogens is 5. The molecule has 4 saturated heterocycles. The van der Waals surface area contributed by atoms with Gasteiger partial charge in [0.2, 0.25) is 0 Å². The van der Waals surface area contributed by atoms with Crippen LogP contribution >= 0.6 is 0 Å². The minimum absolute atomic E-state index is 0.0321. The topological polar surface area (TPSA) is 136 Å². The van der Waals surface area contributed by atoms with Gasteiger partial charge in [-0.25, -0.2) is 13.8 Å². The van der Waals surface area contributed by atoms with Crippen molar-refractivity contribution in [1.82, 2.24) is 39.1 Å². The Bertz CT molecular complexity index is 2090. The smallest absolute Gasteiger partial charge is 0.317 e. The quantitative estimate of drug-likeness (QED) is 0.273. The van der Waals surface area contributed by atoms with Gasteiger partial charge >= 0.3 is 6.01 Å². The zero-order valence-corrected chi connectivity index (χ0v) is 29.6. The predicted molar refractivity (Wildman–Crippen MR) is 187 cm³/mol. The van der Waals surface area contributed by atoms with Crippen molar-refractivity contribution in [1.29, 1.82) is 0 Å². The van der Waals surface area contributed by atoms with Crippen LogP contribution in [-0.2, 0) is 14.9 Å². The number of fused-ring (bicyclic) bond motifs is 3. The van der Waals surface area contributed by atoms with E-state index in [4.69, 9.17) is 29.5 Å². The molecule has 3 atom stereocenters. The molecule has 9 rings (SSSR count). The molecule has 3 unspecified atom stereocenters. The number of rotatable bonds is 6. The van der Waals surface area contributed by atoms with E-state index in [-0.39, 0.29) is 34.9 Å². The molecular formula is C36H45FN8O4S. The van der Waals surface area contributed by atoms with Crippen molar-refractivity contribution in [3.8, 4) is 17.3 Å². The van der Waals surface area contributed by atoms with Crippen LogP contribution in [-0.4, -0.2) is 82.0 Å². The lowest BCUT2D eigenvalue weighted by Crippen LogP contribution is -2.47. The lowest BCUT2D eigenvalue weighted by Gasteiger charge is -2.36. The maximum Gasteiger partial charge on any atom is 0.317 e. The van der Waals surface area contributed by atoms with Crippen molar-refractivity contribution >= 4 is 32.0 Å². The number of benzene rings is 1. The van der Waals surface area contributed by atoms with Gasteiger partial charge in [-0.2, -0.15) is 28.2 Å². The summed E-state index contributed by atoms with van der Waals surface area (Å²) in [6.07, 6.45) is 13.6. The lowest BCUT2D eigenvalue weighted by molar-refractivity contribution is -0.0366. The van der Waals surface area contributed by atoms with Gasteiger partial charge in [0.25, 0.3) is 10.2 Å². The molecule has 0 bridgehead atoms. The number of halogens is 1. The molecule has 5 fully saturated rings. The Morgan fingerprint density at radius 3 is 2.64 bits per heavy atom. The van der Waals surface area contributed by atoms with Gasteiger partial charge in [0.1, 0.15) is 17.8 Å². The van der Waals surface area contributed by atoms with Crippen LogP contribution in [0.25, 0.3) is 33.1 Å². The van der Waals surface area contributed by atoms with Gasteiger partial charge in [-0.15, -0.1) is 0 Å². The SMILES string of the molecule is Cc1cc2c(cnn2C2CCCCO2)c(-c2ncc3c(C4CCCC5(CNS(=O)(=O)N5)C4)nc(OCC45CCCN4CCC5)nc3c2F)c1C. The fraction of sp³-hybridized carbons (Fsp3) is 0.611. The molecule has 4 aromatic rings. The third kappa shape index (κ3) is 5.40. The van der Waals surface area contributed by atoms with Gasteiger partial charge in [0.15, 0.2) is 12.0 Å². The molecule has 2 N–H and O–H groups in total. The van der Waals surface area contributed by atoms with E-state index in [0.717, 1.165) is 99.3 Å². The number of hydrogen-bond donors (Lipinski definition) is 2. The third-order valence-electron chi connectivity index (χ3n) is 12.2. The third-order valence-corrected chi connectivity index (χ3v) is 13.5. The van der Waals surface area contributed by atoms with E-state index in [1.54, 1.807) is 12.4 Å². The molecule has 12 nitrogen and oxygen atoms in total. The molecule has 50 heavy (non-hydrogen) atoms. The van der Waals surface area contributed by atoms with Crippen molar-refractivity contribution in [2.24, 2.45) is 0 Å². The number of hydrogen-bond acceptors (Lipinski definition) is 9. The normalized spacial score (nSPS) is 27.8. The van der Waals surface area contributed by atoms with Gasteiger partial charge in [-0.05, 0) is 108 Å². The van der Waals surface area contributed by atoms with Crippen LogP contribution in [0.2, 0.25) is 0 Å². The summed E-state index contributed by atoms with van der Waals surface area (Å²) in [5.74, 6) is -0.664. The summed E-state index contributed by atoms with van der Waals surface area (Å²) >= 11 is 0. The highest BCUT2D eigenvalue weighted by atomic mass is 32.2. The molecule has 0 amide bonds. The average Bonchev–Trinajstić information content (AvgIpc) is 3.88. The zero-order valence-electron chi connectivity index (χ0n) is 28.8. The Kier molecular flexibility index (Phi) is 7.92. The van der Waals surface area contributed by atoms with Crippen LogP contribution < -0.4 is 14.2 Å². The summed E-state index contributed by atoms with van der Waals surface area (Å²) in [5, 5.41) is 6.09. The van der Waals surface area contributed by atoms with E-state index in [0.29, 0.717) is 42.8 Å². The van der Waals surface area contributed by atoms with Gasteiger partial charge in [-0.1, -0.05) is 6.42 Å². The molecule has 5 aliphatic rings. The highest BCUT2D eigenvalue weighted by molar-refractivity contribution is 7.87. The highest BCUT2D eigenvalue weighted by Crippen LogP contribution is 2.44. The van der Waals surface area contributed by atoms with Crippen molar-refractivity contribution in [2.45, 2.75) is 108 Å². The largest absolute Gasteiger partial charge is 0.461 e. The molecule has 266 valence electrons. The Hall–Kier alpha value is -3.30. The van der Waals surface area contributed by atoms with E-state index < -0.39 is 21.6 Å². The van der Waals surface area contributed by atoms with Gasteiger partial charge in [-0.3, -0.25) is 9.88 Å². The van der Waals surface area contributed by atoms with E-state index in [1.165, 1.54) is 0 Å². The van der Waals surface area contributed by atoms with Gasteiger partial charge < -0.3 is 9.47 Å². The van der Waals surface area contributed by atoms with Crippen LogP contribution in [0.15, 0.2) is 18.5 Å². The van der Waals surface area contributed by atoms with Crippen molar-refractivity contribution in [2.75, 3.05) is 32.8 Å². The number of pyridine rings is 1. The van der Waals surface area contributed by atoms with Crippen LogP contribution in [0, 0.1) is 19.7 Å². The van der Waals surface area contributed by atoms with Crippen molar-refractivity contribution in [3.05, 3.63) is 41.1 Å². The lowest BCUT2D eigenvalue weighted by atomic mass is 9.74. The highest BCUT2D eigenvalue weighted by Gasteiger charge is 2.47. The fourth-order valence-electron chi connectivity index (χ4n) is 9.58. The molecule has 1 spiro atoms. The minimum Gasteiger partial charge on any atom is -0.461 e. The van der Waals surface area contributed by atoms with Gasteiger partial charge in [0.05, 0.1) is 22.9 Å². The molecular weight excluding hydrogens is 660 g/mol. The molecule has 4 aliphatic heterocycles. The summed E-state index contributed by atoms with van der Waals surface area (Å²) in [7, 11) is -3.56. The second kappa shape index (κ2) is 12.1. The van der Waals surface area contributed by atoms with Crippen LogP contribution in [0.1, 0.15) is 99.6 Å². The summed E-state index contributed by atoms with van der Waals surface area (Å²) in [6, 6.07) is 2.26. The minimum atomic E-state index is -3.56. The van der Waals surface area contributed by atoms with E-state index in [2.05, 4.69) is 20.4 Å². The Morgan fingerprint density at radius 1 is 1.04 bits per heavy atom. The number of ether oxygens (including phenoxy) is 2. The van der Waals surface area contributed by atoms with Crippen LogP contribution in [0.5, 0.6) is 6.01 Å².